The number of imide groups is 1. The quantitative estimate of drug-likeness (QED) is 0.872. The summed E-state index contributed by atoms with van der Waals surface area (Å²) in [5.74, 6) is -1.28. The predicted octanol–water partition coefficient (Wildman–Crippen LogP) is 1.62. The van der Waals surface area contributed by atoms with Gasteiger partial charge in [-0.2, -0.15) is 13.2 Å². The van der Waals surface area contributed by atoms with Crippen LogP contribution in [0.2, 0.25) is 0 Å². The molecule has 10 heteroatoms. The Balaban J connectivity index is 1.55. The Hall–Kier alpha value is -2.13. The minimum Gasteiger partial charge on any atom is -0.334 e. The number of alkyl halides is 3. The van der Waals surface area contributed by atoms with E-state index in [0.29, 0.717) is 12.2 Å². The van der Waals surface area contributed by atoms with Crippen molar-refractivity contribution in [2.75, 3.05) is 0 Å². The Morgan fingerprint density at radius 2 is 1.96 bits per heavy atom. The molecule has 2 fully saturated rings. The van der Waals surface area contributed by atoms with Crippen LogP contribution in [0.3, 0.4) is 0 Å². The van der Waals surface area contributed by atoms with Crippen LogP contribution in [0.15, 0.2) is 0 Å². The van der Waals surface area contributed by atoms with E-state index in [1.165, 1.54) is 4.57 Å². The molecule has 136 valence electrons. The number of carbonyl (C=O) groups excluding carboxylic acids is 2. The summed E-state index contributed by atoms with van der Waals surface area (Å²) in [6.45, 7) is -0.414. The number of rotatable bonds is 2. The van der Waals surface area contributed by atoms with Crippen molar-refractivity contribution in [2.24, 2.45) is 11.8 Å². The number of halogens is 3. The van der Waals surface area contributed by atoms with Crippen LogP contribution in [0.4, 0.5) is 18.0 Å². The molecule has 4 rings (SSSR count). The number of amides is 3. The third-order valence-corrected chi connectivity index (χ3v) is 5.44. The second-order valence-corrected chi connectivity index (χ2v) is 6.94. The normalized spacial score (nSPS) is 29.4. The van der Waals surface area contributed by atoms with Gasteiger partial charge in [-0.3, -0.25) is 9.69 Å². The van der Waals surface area contributed by atoms with E-state index in [1.807, 2.05) is 0 Å². The van der Waals surface area contributed by atoms with Crippen LogP contribution in [-0.2, 0) is 24.3 Å². The van der Waals surface area contributed by atoms with E-state index in [-0.39, 0.29) is 49.6 Å². The molecule has 0 radical (unpaired) electrons. The monoisotopic (exact) mass is 357 g/mol. The fourth-order valence-corrected chi connectivity index (χ4v) is 4.02. The Bertz CT molecular complexity index is 717. The molecule has 0 bridgehead atoms. The minimum atomic E-state index is -4.28. The number of carbonyl (C=O) groups is 2. The standard InChI is InChI=1S/C15H18F3N5O2/c16-15(17,18)8-4-5-11-20-21-12(22(11)6-8)7-23-13(24)9-2-1-3-10(9)19-14(23)25/h8-10H,1-7H2,(H,19,25)/t8?,9-,10+/m0/s1. The highest BCUT2D eigenvalue weighted by atomic mass is 19.4. The molecule has 1 unspecified atom stereocenters. The first kappa shape index (κ1) is 16.3. The fraction of sp³-hybridized carbons (Fsp3) is 0.733. The summed E-state index contributed by atoms with van der Waals surface area (Å²) in [4.78, 5) is 25.8. The fourth-order valence-electron chi connectivity index (χ4n) is 4.02. The van der Waals surface area contributed by atoms with Gasteiger partial charge in [0, 0.05) is 19.0 Å². The van der Waals surface area contributed by atoms with Crippen molar-refractivity contribution in [3.63, 3.8) is 0 Å². The Labute approximate surface area is 141 Å². The van der Waals surface area contributed by atoms with Gasteiger partial charge in [0.2, 0.25) is 5.91 Å². The zero-order valence-electron chi connectivity index (χ0n) is 13.4. The summed E-state index contributed by atoms with van der Waals surface area (Å²) >= 11 is 0. The first-order valence-corrected chi connectivity index (χ1v) is 8.44. The van der Waals surface area contributed by atoms with E-state index < -0.39 is 18.1 Å². The van der Waals surface area contributed by atoms with Gasteiger partial charge < -0.3 is 9.88 Å². The SMILES string of the molecule is O=C1N[C@@H]2CCC[C@@H]2C(=O)N1Cc1nnc2n1CC(C(F)(F)F)CC2. The van der Waals surface area contributed by atoms with Crippen LogP contribution < -0.4 is 5.32 Å². The highest BCUT2D eigenvalue weighted by molar-refractivity contribution is 5.98. The number of urea groups is 1. The maximum atomic E-state index is 13.0. The maximum Gasteiger partial charge on any atom is 0.393 e. The maximum absolute atomic E-state index is 13.0. The largest absolute Gasteiger partial charge is 0.393 e. The van der Waals surface area contributed by atoms with Gasteiger partial charge in [0.25, 0.3) is 0 Å². The number of aryl methyl sites for hydroxylation is 1. The molecule has 25 heavy (non-hydrogen) atoms. The molecular formula is C15H18F3N5O2. The number of fused-ring (bicyclic) bond motifs is 2. The van der Waals surface area contributed by atoms with E-state index >= 15 is 0 Å². The lowest BCUT2D eigenvalue weighted by molar-refractivity contribution is -0.182. The van der Waals surface area contributed by atoms with Crippen LogP contribution in [-0.4, -0.2) is 43.8 Å². The molecule has 3 heterocycles. The number of nitrogens with one attached hydrogen (secondary N) is 1. The summed E-state index contributed by atoms with van der Waals surface area (Å²) in [5.41, 5.74) is 0. The van der Waals surface area contributed by atoms with Crippen molar-refractivity contribution in [1.29, 1.82) is 0 Å². The van der Waals surface area contributed by atoms with Crippen molar-refractivity contribution in [1.82, 2.24) is 25.0 Å². The van der Waals surface area contributed by atoms with Gasteiger partial charge in [-0.15, -0.1) is 10.2 Å². The molecule has 3 atom stereocenters. The lowest BCUT2D eigenvalue weighted by atomic mass is 9.98. The van der Waals surface area contributed by atoms with Crippen molar-refractivity contribution in [3.8, 4) is 0 Å². The summed E-state index contributed by atoms with van der Waals surface area (Å²) < 4.78 is 40.5. The van der Waals surface area contributed by atoms with E-state index in [1.54, 1.807) is 0 Å². The van der Waals surface area contributed by atoms with Gasteiger partial charge in [0.15, 0.2) is 5.82 Å². The summed E-state index contributed by atoms with van der Waals surface area (Å²) in [6, 6.07) is -0.633. The average molecular weight is 357 g/mol. The second kappa shape index (κ2) is 5.70. The molecule has 1 aromatic heterocycles. The molecule has 0 aromatic carbocycles. The van der Waals surface area contributed by atoms with E-state index in [0.717, 1.165) is 17.7 Å². The van der Waals surface area contributed by atoms with Gasteiger partial charge >= 0.3 is 12.2 Å². The lowest BCUT2D eigenvalue weighted by Gasteiger charge is -2.34. The van der Waals surface area contributed by atoms with Crippen LogP contribution in [0.25, 0.3) is 0 Å². The van der Waals surface area contributed by atoms with Gasteiger partial charge in [0.1, 0.15) is 5.82 Å². The third-order valence-electron chi connectivity index (χ3n) is 5.44. The van der Waals surface area contributed by atoms with Gasteiger partial charge in [-0.25, -0.2) is 4.79 Å². The lowest BCUT2D eigenvalue weighted by Crippen LogP contribution is -2.58. The molecule has 1 saturated heterocycles. The highest BCUT2D eigenvalue weighted by Gasteiger charge is 2.45. The van der Waals surface area contributed by atoms with Crippen LogP contribution in [0.1, 0.15) is 37.3 Å². The first-order valence-electron chi connectivity index (χ1n) is 8.44. The van der Waals surface area contributed by atoms with E-state index in [9.17, 15) is 22.8 Å². The number of hydrogen-bond donors (Lipinski definition) is 1. The number of nitrogens with zero attached hydrogens (tertiary/aromatic N) is 4. The predicted molar refractivity (Wildman–Crippen MR) is 78.1 cm³/mol. The molecule has 1 saturated carbocycles. The highest BCUT2D eigenvalue weighted by Crippen LogP contribution is 2.35. The molecule has 7 nitrogen and oxygen atoms in total. The molecule has 3 amide bonds. The minimum absolute atomic E-state index is 0.0193. The van der Waals surface area contributed by atoms with Gasteiger partial charge in [-0.1, -0.05) is 6.42 Å². The number of aromatic nitrogens is 3. The van der Waals surface area contributed by atoms with Crippen LogP contribution in [0.5, 0.6) is 0 Å². The molecule has 2 aliphatic heterocycles. The van der Waals surface area contributed by atoms with Crippen molar-refractivity contribution in [2.45, 2.75) is 57.4 Å². The molecule has 3 aliphatic rings. The topological polar surface area (TPSA) is 80.1 Å². The molecule has 0 spiro atoms. The second-order valence-electron chi connectivity index (χ2n) is 6.94. The van der Waals surface area contributed by atoms with E-state index in [4.69, 9.17) is 0 Å². The summed E-state index contributed by atoms with van der Waals surface area (Å²) in [7, 11) is 0. The Kier molecular flexibility index (Phi) is 3.73. The van der Waals surface area contributed by atoms with Crippen molar-refractivity contribution < 1.29 is 22.8 Å². The van der Waals surface area contributed by atoms with Crippen molar-refractivity contribution >= 4 is 11.9 Å². The molecule has 1 aromatic rings. The molecule has 1 N–H and O–H groups in total. The van der Waals surface area contributed by atoms with Gasteiger partial charge in [-0.05, 0) is 19.3 Å². The molecular weight excluding hydrogens is 339 g/mol. The van der Waals surface area contributed by atoms with Gasteiger partial charge in [0.05, 0.1) is 18.4 Å². The smallest absolute Gasteiger partial charge is 0.334 e. The van der Waals surface area contributed by atoms with Crippen molar-refractivity contribution in [3.05, 3.63) is 11.6 Å². The first-order chi connectivity index (χ1) is 11.8. The summed E-state index contributed by atoms with van der Waals surface area (Å²) in [5, 5.41) is 10.7. The summed E-state index contributed by atoms with van der Waals surface area (Å²) in [6.07, 6.45) is -1.74. The Morgan fingerprint density at radius 1 is 1.16 bits per heavy atom. The van der Waals surface area contributed by atoms with E-state index in [2.05, 4.69) is 15.5 Å². The average Bonchev–Trinajstić information content (AvgIpc) is 3.17. The zero-order valence-corrected chi connectivity index (χ0v) is 13.4. The zero-order chi connectivity index (χ0) is 17.8. The van der Waals surface area contributed by atoms with Crippen LogP contribution >= 0.6 is 0 Å². The molecule has 1 aliphatic carbocycles. The Morgan fingerprint density at radius 3 is 2.72 bits per heavy atom. The number of hydrogen-bond acceptors (Lipinski definition) is 4. The third kappa shape index (κ3) is 2.77. The van der Waals surface area contributed by atoms with Crippen LogP contribution in [0, 0.1) is 11.8 Å².